The SMILES string of the molecule is C=C1CC(OC2CC(=C)C(=O)O2)OC1=C. The molecule has 0 aromatic rings. The van der Waals surface area contributed by atoms with Gasteiger partial charge in [0.2, 0.25) is 12.6 Å². The van der Waals surface area contributed by atoms with E-state index in [-0.39, 0.29) is 0 Å². The van der Waals surface area contributed by atoms with E-state index in [1.54, 1.807) is 0 Å². The number of allylic oxidation sites excluding steroid dienone is 1. The lowest BCUT2D eigenvalue weighted by Gasteiger charge is -2.15. The first-order valence-corrected chi connectivity index (χ1v) is 4.64. The first-order valence-electron chi connectivity index (χ1n) is 4.64. The summed E-state index contributed by atoms with van der Waals surface area (Å²) < 4.78 is 15.6. The van der Waals surface area contributed by atoms with Crippen molar-refractivity contribution in [1.82, 2.24) is 0 Å². The summed E-state index contributed by atoms with van der Waals surface area (Å²) >= 11 is 0. The van der Waals surface area contributed by atoms with Gasteiger partial charge in [0.25, 0.3) is 0 Å². The van der Waals surface area contributed by atoms with E-state index < -0.39 is 18.5 Å². The third kappa shape index (κ3) is 1.94. The number of cyclic esters (lactones) is 1. The van der Waals surface area contributed by atoms with Crippen LogP contribution in [0.25, 0.3) is 0 Å². The summed E-state index contributed by atoms with van der Waals surface area (Å²) in [5.41, 5.74) is 1.24. The van der Waals surface area contributed by atoms with Crippen LogP contribution in [0.2, 0.25) is 0 Å². The summed E-state index contributed by atoms with van der Waals surface area (Å²) in [7, 11) is 0. The van der Waals surface area contributed by atoms with Crippen molar-refractivity contribution < 1.29 is 19.0 Å². The van der Waals surface area contributed by atoms with Gasteiger partial charge < -0.3 is 14.2 Å². The minimum Gasteiger partial charge on any atom is -0.465 e. The zero-order chi connectivity index (χ0) is 11.0. The van der Waals surface area contributed by atoms with Gasteiger partial charge >= 0.3 is 5.97 Å². The molecule has 2 saturated heterocycles. The van der Waals surface area contributed by atoms with Crippen LogP contribution in [0.1, 0.15) is 12.8 Å². The monoisotopic (exact) mass is 208 g/mol. The molecule has 2 atom stereocenters. The normalized spacial score (nSPS) is 30.7. The van der Waals surface area contributed by atoms with Crippen LogP contribution in [0.5, 0.6) is 0 Å². The third-order valence-corrected chi connectivity index (χ3v) is 2.32. The second-order valence-corrected chi connectivity index (χ2v) is 3.56. The Kier molecular flexibility index (Phi) is 2.36. The molecule has 2 rings (SSSR count). The van der Waals surface area contributed by atoms with Gasteiger partial charge in [-0.1, -0.05) is 19.7 Å². The Morgan fingerprint density at radius 1 is 1.07 bits per heavy atom. The fourth-order valence-corrected chi connectivity index (χ4v) is 1.45. The Morgan fingerprint density at radius 2 is 1.67 bits per heavy atom. The highest BCUT2D eigenvalue weighted by atomic mass is 16.8. The molecular formula is C11H12O4. The van der Waals surface area contributed by atoms with Crippen LogP contribution in [-0.2, 0) is 19.0 Å². The molecule has 2 aliphatic heterocycles. The molecule has 2 heterocycles. The molecule has 0 amide bonds. The Balaban J connectivity index is 1.89. The zero-order valence-corrected chi connectivity index (χ0v) is 8.32. The highest BCUT2D eigenvalue weighted by molar-refractivity contribution is 5.89. The van der Waals surface area contributed by atoms with Crippen molar-refractivity contribution in [2.24, 2.45) is 0 Å². The summed E-state index contributed by atoms with van der Waals surface area (Å²) in [6.45, 7) is 11.0. The second-order valence-electron chi connectivity index (χ2n) is 3.56. The molecule has 0 aromatic heterocycles. The van der Waals surface area contributed by atoms with Crippen LogP contribution in [0.15, 0.2) is 36.6 Å². The summed E-state index contributed by atoms with van der Waals surface area (Å²) in [5, 5.41) is 0. The molecule has 2 aliphatic rings. The number of esters is 1. The van der Waals surface area contributed by atoms with Crippen molar-refractivity contribution in [2.45, 2.75) is 25.4 Å². The average Bonchev–Trinajstić information content (AvgIpc) is 2.59. The van der Waals surface area contributed by atoms with Gasteiger partial charge in [0.1, 0.15) is 5.76 Å². The molecule has 4 nitrogen and oxygen atoms in total. The molecule has 0 N–H and O–H groups in total. The summed E-state index contributed by atoms with van der Waals surface area (Å²) in [4.78, 5) is 11.0. The Labute approximate surface area is 87.8 Å². The smallest absolute Gasteiger partial charge is 0.335 e. The molecule has 2 fully saturated rings. The lowest BCUT2D eigenvalue weighted by atomic mass is 10.2. The molecule has 80 valence electrons. The highest BCUT2D eigenvalue weighted by Crippen LogP contribution is 2.30. The topological polar surface area (TPSA) is 44.8 Å². The van der Waals surface area contributed by atoms with E-state index >= 15 is 0 Å². The second kappa shape index (κ2) is 3.55. The van der Waals surface area contributed by atoms with Gasteiger partial charge in [0.05, 0.1) is 0 Å². The highest BCUT2D eigenvalue weighted by Gasteiger charge is 2.33. The third-order valence-electron chi connectivity index (χ3n) is 2.32. The van der Waals surface area contributed by atoms with Crippen LogP contribution < -0.4 is 0 Å². The molecule has 0 aromatic carbocycles. The van der Waals surface area contributed by atoms with Crippen molar-refractivity contribution in [3.05, 3.63) is 36.6 Å². The Morgan fingerprint density at radius 3 is 2.13 bits per heavy atom. The summed E-state index contributed by atoms with van der Waals surface area (Å²) in [6, 6.07) is 0. The minimum absolute atomic E-state index is 0.387. The molecule has 0 aliphatic carbocycles. The van der Waals surface area contributed by atoms with Gasteiger partial charge in [-0.05, 0) is 5.57 Å². The lowest BCUT2D eigenvalue weighted by Crippen LogP contribution is -2.20. The van der Waals surface area contributed by atoms with E-state index in [1.165, 1.54) is 0 Å². The molecule has 4 heteroatoms. The van der Waals surface area contributed by atoms with Gasteiger partial charge in [-0.3, -0.25) is 0 Å². The largest absolute Gasteiger partial charge is 0.465 e. The van der Waals surface area contributed by atoms with E-state index in [4.69, 9.17) is 14.2 Å². The quantitative estimate of drug-likeness (QED) is 0.511. The number of ether oxygens (including phenoxy) is 3. The number of hydrogen-bond donors (Lipinski definition) is 0. The van der Waals surface area contributed by atoms with Crippen LogP contribution >= 0.6 is 0 Å². The van der Waals surface area contributed by atoms with Gasteiger partial charge in [0.15, 0.2) is 0 Å². The maximum atomic E-state index is 11.0. The van der Waals surface area contributed by atoms with E-state index in [0.717, 1.165) is 5.57 Å². The predicted octanol–water partition coefficient (Wildman–Crippen LogP) is 1.65. The lowest BCUT2D eigenvalue weighted by molar-refractivity contribution is -0.208. The van der Waals surface area contributed by atoms with Crippen molar-refractivity contribution in [1.29, 1.82) is 0 Å². The summed E-state index contributed by atoms with van der Waals surface area (Å²) in [6.07, 6.45) is -0.0980. The van der Waals surface area contributed by atoms with Gasteiger partial charge in [-0.15, -0.1) is 0 Å². The van der Waals surface area contributed by atoms with Crippen molar-refractivity contribution in [3.63, 3.8) is 0 Å². The Bertz CT molecular complexity index is 290. The van der Waals surface area contributed by atoms with Gasteiger partial charge in [0, 0.05) is 18.4 Å². The standard InChI is InChI=1S/C11H12O4/c1-6-4-9(13-8(6)3)14-10-5-7(2)11(12)15-10/h9-10H,1-5H2. The molecular weight excluding hydrogens is 196 g/mol. The van der Waals surface area contributed by atoms with Crippen molar-refractivity contribution >= 4 is 5.97 Å². The van der Waals surface area contributed by atoms with Crippen LogP contribution in [0, 0.1) is 0 Å². The summed E-state index contributed by atoms with van der Waals surface area (Å²) in [5.74, 6) is 0.124. The van der Waals surface area contributed by atoms with Crippen molar-refractivity contribution in [2.75, 3.05) is 0 Å². The van der Waals surface area contributed by atoms with E-state index in [9.17, 15) is 4.79 Å². The number of carbonyl (C=O) groups is 1. The van der Waals surface area contributed by atoms with Gasteiger partial charge in [-0.25, -0.2) is 4.79 Å². The van der Waals surface area contributed by atoms with E-state index in [0.29, 0.717) is 24.2 Å². The fraction of sp³-hybridized carbons (Fsp3) is 0.364. The molecule has 0 saturated carbocycles. The predicted molar refractivity (Wildman–Crippen MR) is 52.5 cm³/mol. The number of hydrogen-bond acceptors (Lipinski definition) is 4. The molecule has 15 heavy (non-hydrogen) atoms. The van der Waals surface area contributed by atoms with Gasteiger partial charge in [-0.2, -0.15) is 0 Å². The minimum atomic E-state index is -0.589. The first-order chi connectivity index (χ1) is 7.06. The molecule has 2 unspecified atom stereocenters. The Hall–Kier alpha value is -1.55. The van der Waals surface area contributed by atoms with E-state index in [2.05, 4.69) is 19.7 Å². The van der Waals surface area contributed by atoms with Crippen molar-refractivity contribution in [3.8, 4) is 0 Å². The maximum absolute atomic E-state index is 11.0. The molecule has 0 radical (unpaired) electrons. The van der Waals surface area contributed by atoms with Crippen LogP contribution in [0.3, 0.4) is 0 Å². The van der Waals surface area contributed by atoms with Crippen LogP contribution in [-0.4, -0.2) is 18.5 Å². The average molecular weight is 208 g/mol. The first kappa shape index (κ1) is 9.98. The maximum Gasteiger partial charge on any atom is 0.335 e. The number of carbonyl (C=O) groups excluding carboxylic acids is 1. The number of rotatable bonds is 2. The molecule has 0 spiro atoms. The fourth-order valence-electron chi connectivity index (χ4n) is 1.45. The zero-order valence-electron chi connectivity index (χ0n) is 8.32. The van der Waals surface area contributed by atoms with Crippen LogP contribution in [0.4, 0.5) is 0 Å². The van der Waals surface area contributed by atoms with E-state index in [1.807, 2.05) is 0 Å². The molecule has 0 bridgehead atoms.